The van der Waals surface area contributed by atoms with Gasteiger partial charge in [0.25, 0.3) is 0 Å². The first-order chi connectivity index (χ1) is 13.5. The maximum absolute atomic E-state index is 11.8. The van der Waals surface area contributed by atoms with Crippen molar-refractivity contribution in [2.45, 2.75) is 65.2 Å². The second kappa shape index (κ2) is 11.1. The first kappa shape index (κ1) is 22.2. The smallest absolute Gasteiger partial charge is 0.347 e. The van der Waals surface area contributed by atoms with Crippen LogP contribution in [0.1, 0.15) is 56.6 Å². The van der Waals surface area contributed by atoms with Gasteiger partial charge < -0.3 is 19.1 Å². The van der Waals surface area contributed by atoms with Gasteiger partial charge in [-0.25, -0.2) is 9.78 Å². The molecule has 1 atom stereocenters. The number of aliphatic hydroxyl groups is 1. The van der Waals surface area contributed by atoms with E-state index in [-0.39, 0.29) is 12.6 Å². The van der Waals surface area contributed by atoms with Crippen LogP contribution in [0.15, 0.2) is 24.3 Å². The Labute approximate surface area is 171 Å². The lowest BCUT2D eigenvalue weighted by Crippen LogP contribution is -2.28. The second-order valence-electron chi connectivity index (χ2n) is 6.68. The van der Waals surface area contributed by atoms with E-state index in [0.29, 0.717) is 29.6 Å². The van der Waals surface area contributed by atoms with E-state index < -0.39 is 6.10 Å². The number of esters is 1. The summed E-state index contributed by atoms with van der Waals surface area (Å²) in [6, 6.07) is 7.55. The van der Waals surface area contributed by atoms with Crippen LogP contribution in [-0.2, 0) is 29.1 Å². The third kappa shape index (κ3) is 5.72. The number of ether oxygens (including phenoxy) is 2. The van der Waals surface area contributed by atoms with Crippen LogP contribution < -0.4 is 4.74 Å². The first-order valence-corrected chi connectivity index (χ1v) is 10.1. The molecule has 2 aromatic rings. The number of methoxy groups -OCH3 is 1. The molecule has 154 valence electrons. The molecule has 28 heavy (non-hydrogen) atoms. The minimum absolute atomic E-state index is 0.177. The van der Waals surface area contributed by atoms with Crippen molar-refractivity contribution in [3.05, 3.63) is 46.5 Å². The van der Waals surface area contributed by atoms with Crippen molar-refractivity contribution < 1.29 is 19.4 Å². The third-order valence-corrected chi connectivity index (χ3v) is 4.93. The van der Waals surface area contributed by atoms with Crippen LogP contribution >= 0.6 is 11.6 Å². The number of hydrogen-bond donors (Lipinski definition) is 1. The van der Waals surface area contributed by atoms with Gasteiger partial charge in [-0.15, -0.1) is 0 Å². The van der Waals surface area contributed by atoms with Crippen LogP contribution in [0, 0.1) is 0 Å². The van der Waals surface area contributed by atoms with Crippen LogP contribution in [0.4, 0.5) is 0 Å². The van der Waals surface area contributed by atoms with Crippen LogP contribution in [0.2, 0.25) is 5.15 Å². The summed E-state index contributed by atoms with van der Waals surface area (Å²) in [7, 11) is 1.36. The normalized spacial score (nSPS) is 12.0. The number of nitrogens with zero attached hydrogens (tertiary/aromatic N) is 2. The lowest BCUT2D eigenvalue weighted by molar-refractivity contribution is -0.149. The molecule has 2 rings (SSSR count). The monoisotopic (exact) mass is 408 g/mol. The van der Waals surface area contributed by atoms with E-state index in [1.807, 2.05) is 35.8 Å². The Morgan fingerprint density at radius 1 is 1.25 bits per heavy atom. The Kier molecular flexibility index (Phi) is 8.80. The molecular formula is C21H29ClN2O4. The Morgan fingerprint density at radius 3 is 2.54 bits per heavy atom. The molecule has 1 aromatic carbocycles. The SMILES string of the molecule is CCCCc1nc(CO)c(Cl)n1Cc1ccc(OC(CCC)C(=O)OC)cc1. The van der Waals surface area contributed by atoms with Crippen molar-refractivity contribution >= 4 is 17.6 Å². The number of hydrogen-bond acceptors (Lipinski definition) is 5. The number of benzene rings is 1. The fourth-order valence-corrected chi connectivity index (χ4v) is 3.22. The summed E-state index contributed by atoms with van der Waals surface area (Å²) in [5.41, 5.74) is 1.53. The topological polar surface area (TPSA) is 73.6 Å². The fourth-order valence-electron chi connectivity index (χ4n) is 2.96. The molecule has 0 fully saturated rings. The number of carbonyl (C=O) groups excluding carboxylic acids is 1. The molecule has 0 saturated heterocycles. The van der Waals surface area contributed by atoms with Crippen LogP contribution in [-0.4, -0.2) is 33.8 Å². The van der Waals surface area contributed by atoms with Crippen LogP contribution in [0.3, 0.4) is 0 Å². The molecule has 0 radical (unpaired) electrons. The summed E-state index contributed by atoms with van der Waals surface area (Å²) in [6.07, 6.45) is 3.71. The third-order valence-electron chi connectivity index (χ3n) is 4.51. The largest absolute Gasteiger partial charge is 0.479 e. The van der Waals surface area contributed by atoms with Crippen LogP contribution in [0.5, 0.6) is 5.75 Å². The van der Waals surface area contributed by atoms with Gasteiger partial charge in [-0.05, 0) is 30.5 Å². The highest BCUT2D eigenvalue weighted by Crippen LogP contribution is 2.23. The summed E-state index contributed by atoms with van der Waals surface area (Å²) in [5, 5.41) is 9.94. The maximum Gasteiger partial charge on any atom is 0.347 e. The Hall–Kier alpha value is -2.05. The van der Waals surface area contributed by atoms with Gasteiger partial charge in [0.15, 0.2) is 6.10 Å². The number of rotatable bonds is 11. The molecule has 0 saturated carbocycles. The number of aryl methyl sites for hydroxylation is 1. The summed E-state index contributed by atoms with van der Waals surface area (Å²) >= 11 is 6.41. The zero-order valence-electron chi connectivity index (χ0n) is 16.8. The minimum atomic E-state index is -0.600. The lowest BCUT2D eigenvalue weighted by atomic mass is 10.2. The standard InChI is InChI=1S/C21H29ClN2O4/c1-4-6-8-19-23-17(14-25)20(22)24(19)13-15-9-11-16(12-10-15)28-18(7-5-2)21(26)27-3/h9-12,18,25H,4-8,13-14H2,1-3H3. The molecule has 1 N–H and O–H groups in total. The predicted molar refractivity (Wildman–Crippen MR) is 109 cm³/mol. The van der Waals surface area contributed by atoms with Crippen molar-refractivity contribution in [1.29, 1.82) is 0 Å². The summed E-state index contributed by atoms with van der Waals surface area (Å²) < 4.78 is 12.5. The van der Waals surface area contributed by atoms with E-state index in [9.17, 15) is 9.90 Å². The molecule has 7 heteroatoms. The van der Waals surface area contributed by atoms with Gasteiger partial charge in [-0.3, -0.25) is 0 Å². The number of aromatic nitrogens is 2. The molecule has 1 unspecified atom stereocenters. The summed E-state index contributed by atoms with van der Waals surface area (Å²) in [6.45, 7) is 4.50. The Bertz CT molecular complexity index is 759. The summed E-state index contributed by atoms with van der Waals surface area (Å²) in [5.74, 6) is 1.13. The van der Waals surface area contributed by atoms with Crippen molar-refractivity contribution in [3.8, 4) is 5.75 Å². The zero-order chi connectivity index (χ0) is 20.5. The van der Waals surface area contributed by atoms with E-state index in [2.05, 4.69) is 11.9 Å². The summed E-state index contributed by atoms with van der Waals surface area (Å²) in [4.78, 5) is 16.3. The Morgan fingerprint density at radius 2 is 1.96 bits per heavy atom. The minimum Gasteiger partial charge on any atom is -0.479 e. The Balaban J connectivity index is 2.14. The van der Waals surface area contributed by atoms with Gasteiger partial charge in [0, 0.05) is 6.42 Å². The quantitative estimate of drug-likeness (QED) is 0.565. The number of halogens is 1. The number of unbranched alkanes of at least 4 members (excludes halogenated alkanes) is 1. The molecule has 0 spiro atoms. The van der Waals surface area contributed by atoms with Crippen molar-refractivity contribution in [2.75, 3.05) is 7.11 Å². The van der Waals surface area contributed by atoms with E-state index in [1.165, 1.54) is 7.11 Å². The predicted octanol–water partition coefficient (Wildman–Crippen LogP) is 4.14. The van der Waals surface area contributed by atoms with E-state index in [0.717, 1.165) is 37.1 Å². The number of aliphatic hydroxyl groups excluding tert-OH is 1. The van der Waals surface area contributed by atoms with Crippen molar-refractivity contribution in [2.24, 2.45) is 0 Å². The van der Waals surface area contributed by atoms with E-state index >= 15 is 0 Å². The zero-order valence-corrected chi connectivity index (χ0v) is 17.5. The maximum atomic E-state index is 11.8. The van der Waals surface area contributed by atoms with Crippen molar-refractivity contribution in [3.63, 3.8) is 0 Å². The average Bonchev–Trinajstić information content (AvgIpc) is 3.01. The molecule has 0 aliphatic heterocycles. The molecule has 1 aromatic heterocycles. The highest BCUT2D eigenvalue weighted by molar-refractivity contribution is 6.30. The van der Waals surface area contributed by atoms with E-state index in [4.69, 9.17) is 21.1 Å². The molecular weight excluding hydrogens is 380 g/mol. The number of imidazole rings is 1. The molecule has 6 nitrogen and oxygen atoms in total. The molecule has 0 aliphatic carbocycles. The average molecular weight is 409 g/mol. The molecule has 0 amide bonds. The van der Waals surface area contributed by atoms with Crippen molar-refractivity contribution in [1.82, 2.24) is 9.55 Å². The van der Waals surface area contributed by atoms with Gasteiger partial charge in [0.05, 0.1) is 20.3 Å². The highest BCUT2D eigenvalue weighted by Gasteiger charge is 2.20. The van der Waals surface area contributed by atoms with Gasteiger partial charge in [-0.2, -0.15) is 0 Å². The van der Waals surface area contributed by atoms with Gasteiger partial charge >= 0.3 is 5.97 Å². The molecule has 0 bridgehead atoms. The van der Waals surface area contributed by atoms with Gasteiger partial charge in [0.2, 0.25) is 0 Å². The second-order valence-corrected chi connectivity index (χ2v) is 7.03. The number of carbonyl (C=O) groups is 1. The highest BCUT2D eigenvalue weighted by atomic mass is 35.5. The van der Waals surface area contributed by atoms with Gasteiger partial charge in [0.1, 0.15) is 22.4 Å². The molecule has 1 heterocycles. The fraction of sp³-hybridized carbons (Fsp3) is 0.524. The van der Waals surface area contributed by atoms with E-state index in [1.54, 1.807) is 0 Å². The molecule has 0 aliphatic rings. The first-order valence-electron chi connectivity index (χ1n) is 9.72. The van der Waals surface area contributed by atoms with Crippen LogP contribution in [0.25, 0.3) is 0 Å². The lowest BCUT2D eigenvalue weighted by Gasteiger charge is -2.16. The van der Waals surface area contributed by atoms with Gasteiger partial charge in [-0.1, -0.05) is 50.4 Å².